The standard InChI is InChI=1S/C73H56N12O4/c1-5-29-57(53(25-1)82-61-45-17-9-33-74-65(45)66-46(61)18-10-34-75-66)86-41-73(42-87-58-30-6-2-26-54(58)83-62-47-19-11-35-76-67(47)68-48(62)20-12-36-77-68,43-88-59-31-7-3-27-55(59)84-63-49-21-13-37-78-69(49)70-50(63)22-14-38-79-70)44-89-60-32-8-4-28-56(60)85-64-51-23-15-39-80-71(51)72-52(64)24-16-40-81-72/h1-40,57-64H,41-44H2. The van der Waals surface area contributed by atoms with E-state index in [1.165, 1.54) is 0 Å². The average Bonchev–Trinajstić information content (AvgIpc) is 2.43. The Kier molecular flexibility index (Phi) is 14.2. The van der Waals surface area contributed by atoms with Gasteiger partial charge in [0.2, 0.25) is 0 Å². The van der Waals surface area contributed by atoms with Crippen molar-refractivity contribution in [2.24, 2.45) is 25.4 Å². The fourth-order valence-corrected chi connectivity index (χ4v) is 12.9. The molecule has 0 radical (unpaired) electrons. The number of ether oxygens (including phenoxy) is 4. The van der Waals surface area contributed by atoms with Crippen LogP contribution in [0.25, 0.3) is 45.6 Å². The molecule has 0 aliphatic heterocycles. The molecule has 8 aliphatic carbocycles. The molecule has 0 aromatic carbocycles. The molecule has 0 spiro atoms. The Morgan fingerprint density at radius 3 is 0.652 bits per heavy atom. The van der Waals surface area contributed by atoms with Crippen molar-refractivity contribution in [1.82, 2.24) is 39.9 Å². The molecule has 0 fully saturated rings. The van der Waals surface area contributed by atoms with Gasteiger partial charge in [-0.15, -0.1) is 0 Å². The zero-order chi connectivity index (χ0) is 59.1. The van der Waals surface area contributed by atoms with Crippen LogP contribution in [0.1, 0.15) is 68.7 Å². The van der Waals surface area contributed by atoms with E-state index in [-0.39, 0.29) is 50.6 Å². The highest BCUT2D eigenvalue weighted by molar-refractivity contribution is 6.04. The first-order chi connectivity index (χ1) is 44.1. The van der Waals surface area contributed by atoms with E-state index in [2.05, 4.69) is 48.5 Å². The Labute approximate surface area is 513 Å². The van der Waals surface area contributed by atoms with Crippen LogP contribution in [0.4, 0.5) is 0 Å². The van der Waals surface area contributed by atoms with Crippen LogP contribution in [0.3, 0.4) is 0 Å². The smallest absolute Gasteiger partial charge is 0.117 e. The summed E-state index contributed by atoms with van der Waals surface area (Å²) in [6.07, 6.45) is 44.3. The number of nitrogens with zero attached hydrogens (tertiary/aromatic N) is 12. The Morgan fingerprint density at radius 2 is 0.461 bits per heavy atom. The van der Waals surface area contributed by atoms with E-state index in [0.29, 0.717) is 0 Å². The van der Waals surface area contributed by atoms with Gasteiger partial charge in [0.1, 0.15) is 48.6 Å². The number of aliphatic imine (C=N–C) groups is 4. The fourth-order valence-electron chi connectivity index (χ4n) is 12.9. The number of allylic oxidation sites excluding steroid dienone is 8. The molecule has 0 bridgehead atoms. The van der Waals surface area contributed by atoms with Gasteiger partial charge in [-0.3, -0.25) is 59.8 Å². The van der Waals surface area contributed by atoms with Crippen molar-refractivity contribution < 1.29 is 18.9 Å². The minimum absolute atomic E-state index is 0.0915. The van der Waals surface area contributed by atoms with Crippen LogP contribution in [0.2, 0.25) is 0 Å². The Bertz CT molecular complexity index is 3760. The molecular formula is C73H56N12O4. The van der Waals surface area contributed by atoms with E-state index in [4.69, 9.17) is 78.8 Å². The van der Waals surface area contributed by atoms with Crippen LogP contribution >= 0.6 is 0 Å². The Hall–Kier alpha value is -10.4. The number of pyridine rings is 8. The quantitative estimate of drug-likeness (QED) is 0.0891. The zero-order valence-electron chi connectivity index (χ0n) is 48.0. The highest BCUT2D eigenvalue weighted by atomic mass is 16.5. The number of fused-ring (bicyclic) bond motifs is 12. The van der Waals surface area contributed by atoms with E-state index >= 15 is 0 Å². The number of hydrogen-bond acceptors (Lipinski definition) is 16. The lowest BCUT2D eigenvalue weighted by atomic mass is 9.90. The van der Waals surface area contributed by atoms with Gasteiger partial charge in [-0.25, -0.2) is 0 Å². The van der Waals surface area contributed by atoms with Gasteiger partial charge >= 0.3 is 0 Å². The summed E-state index contributed by atoms with van der Waals surface area (Å²) < 4.78 is 29.3. The van der Waals surface area contributed by atoms with E-state index in [9.17, 15) is 0 Å². The lowest BCUT2D eigenvalue weighted by Crippen LogP contribution is -2.47. The molecule has 4 atom stereocenters. The zero-order valence-corrected chi connectivity index (χ0v) is 48.0. The molecule has 8 aromatic rings. The third-order valence-electron chi connectivity index (χ3n) is 17.2. The fraction of sp³-hybridized carbons (Fsp3) is 0.178. The Balaban J connectivity index is 0.779. The molecule has 0 saturated carbocycles. The van der Waals surface area contributed by atoms with E-state index in [1.807, 2.05) is 146 Å². The van der Waals surface area contributed by atoms with Crippen LogP contribution in [-0.4, -0.2) is 114 Å². The summed E-state index contributed by atoms with van der Waals surface area (Å²) >= 11 is 0. The highest BCUT2D eigenvalue weighted by Crippen LogP contribution is 2.47. The van der Waals surface area contributed by atoms with Crippen LogP contribution in [0, 0.1) is 5.41 Å². The van der Waals surface area contributed by atoms with Gasteiger partial charge in [0.25, 0.3) is 0 Å². The van der Waals surface area contributed by atoms with Crippen LogP contribution in [-0.2, 0) is 18.9 Å². The molecular weight excluding hydrogens is 1110 g/mol. The maximum Gasteiger partial charge on any atom is 0.117 e. The summed E-state index contributed by atoms with van der Waals surface area (Å²) in [7, 11) is 0. The van der Waals surface area contributed by atoms with E-state index in [1.54, 1.807) is 49.6 Å². The lowest BCUT2D eigenvalue weighted by molar-refractivity contribution is -0.113. The summed E-state index contributed by atoms with van der Waals surface area (Å²) in [4.78, 5) is 60.1. The number of aromatic nitrogens is 8. The largest absolute Gasteiger partial charge is 0.367 e. The molecule has 0 amide bonds. The molecule has 16 rings (SSSR count). The second-order valence-corrected chi connectivity index (χ2v) is 22.8. The third-order valence-corrected chi connectivity index (χ3v) is 17.2. The number of rotatable bonds is 16. The molecule has 0 saturated heterocycles. The van der Waals surface area contributed by atoms with Crippen LogP contribution in [0.15, 0.2) is 264 Å². The van der Waals surface area contributed by atoms with Crippen molar-refractivity contribution in [3.63, 3.8) is 0 Å². The van der Waals surface area contributed by atoms with Gasteiger partial charge in [0.15, 0.2) is 0 Å². The van der Waals surface area contributed by atoms with E-state index < -0.39 is 29.8 Å². The summed E-state index contributed by atoms with van der Waals surface area (Å²) in [5, 5.41) is 0. The first kappa shape index (κ1) is 54.1. The average molecular weight is 1170 g/mol. The topological polar surface area (TPSA) is 189 Å². The predicted molar refractivity (Wildman–Crippen MR) is 341 cm³/mol. The molecule has 89 heavy (non-hydrogen) atoms. The molecule has 16 heteroatoms. The third kappa shape index (κ3) is 10.1. The molecule has 16 nitrogen and oxygen atoms in total. The minimum Gasteiger partial charge on any atom is -0.367 e. The van der Waals surface area contributed by atoms with Crippen molar-refractivity contribution in [3.05, 3.63) is 288 Å². The SMILES string of the molecule is C1=CC(=NC2c3cccnc3-c3ncccc32)C(OCC(COC2C=CC=CC2=NC2c3cccnc3-c3ncccc32)(COC2C=CC=CC2=NC2c3cccnc3-c3ncccc32)COC2C=CC=CC2=NC2c3cccnc3-c3ncccc32)C=C1. The van der Waals surface area contributed by atoms with Gasteiger partial charge in [-0.2, -0.15) is 0 Å². The lowest BCUT2D eigenvalue weighted by Gasteiger charge is -2.37. The van der Waals surface area contributed by atoms with Crippen molar-refractivity contribution in [2.45, 2.75) is 48.6 Å². The number of hydrogen-bond donors (Lipinski definition) is 0. The maximum atomic E-state index is 7.34. The van der Waals surface area contributed by atoms with E-state index in [0.717, 1.165) is 113 Å². The van der Waals surface area contributed by atoms with Gasteiger partial charge in [0, 0.05) is 94.1 Å². The second kappa shape index (κ2) is 23.4. The van der Waals surface area contributed by atoms with Crippen molar-refractivity contribution >= 4 is 22.8 Å². The second-order valence-electron chi connectivity index (χ2n) is 22.8. The van der Waals surface area contributed by atoms with Crippen molar-refractivity contribution in [1.29, 1.82) is 0 Å². The molecule has 8 aliphatic rings. The molecule has 4 unspecified atom stereocenters. The summed E-state index contributed by atoms with van der Waals surface area (Å²) in [6.45, 7) is 0.366. The van der Waals surface area contributed by atoms with Crippen molar-refractivity contribution in [3.8, 4) is 45.6 Å². The van der Waals surface area contributed by atoms with Gasteiger partial charge in [-0.05, 0) is 97.1 Å². The van der Waals surface area contributed by atoms with Gasteiger partial charge in [-0.1, -0.05) is 97.1 Å². The molecule has 8 aromatic heterocycles. The summed E-state index contributed by atoms with van der Waals surface area (Å²) in [6, 6.07) is 30.8. The van der Waals surface area contributed by atoms with Crippen LogP contribution < -0.4 is 0 Å². The summed E-state index contributed by atoms with van der Waals surface area (Å²) in [5.41, 5.74) is 16.4. The predicted octanol–water partition coefficient (Wildman–Crippen LogP) is 12.0. The highest BCUT2D eigenvalue weighted by Gasteiger charge is 2.41. The monoisotopic (exact) mass is 1160 g/mol. The maximum absolute atomic E-state index is 7.34. The van der Waals surface area contributed by atoms with Gasteiger partial charge < -0.3 is 18.9 Å². The molecule has 0 N–H and O–H groups in total. The normalized spacial score (nSPS) is 22.4. The van der Waals surface area contributed by atoms with Crippen LogP contribution in [0.5, 0.6) is 0 Å². The molecule has 8 heterocycles. The first-order valence-corrected chi connectivity index (χ1v) is 29.9. The Morgan fingerprint density at radius 1 is 0.270 bits per heavy atom. The minimum atomic E-state index is -1.05. The molecule has 432 valence electrons. The van der Waals surface area contributed by atoms with Crippen molar-refractivity contribution in [2.75, 3.05) is 26.4 Å². The summed E-state index contributed by atoms with van der Waals surface area (Å²) in [5.74, 6) is 0. The van der Waals surface area contributed by atoms with Gasteiger partial charge in [0.05, 0.1) is 100 Å². The first-order valence-electron chi connectivity index (χ1n) is 29.9.